The Morgan fingerprint density at radius 1 is 1.28 bits per heavy atom. The van der Waals surface area contributed by atoms with Crippen molar-refractivity contribution in [1.82, 2.24) is 0 Å². The van der Waals surface area contributed by atoms with Crippen LogP contribution < -0.4 is 4.74 Å². The average molecular weight is 248 g/mol. The van der Waals surface area contributed by atoms with Crippen molar-refractivity contribution in [1.29, 1.82) is 0 Å². The molecule has 1 rings (SSSR count). The molecule has 0 amide bonds. The van der Waals surface area contributed by atoms with Crippen molar-refractivity contribution >= 4 is 11.8 Å². The van der Waals surface area contributed by atoms with Gasteiger partial charge in [0.15, 0.2) is 0 Å². The average Bonchev–Trinajstić information content (AvgIpc) is 2.36. The molecule has 18 heavy (non-hydrogen) atoms. The molecule has 0 bridgehead atoms. The first-order valence-corrected chi connectivity index (χ1v) is 5.64. The molecule has 0 aliphatic heterocycles. The molecule has 0 N–H and O–H groups in total. The van der Waals surface area contributed by atoms with Gasteiger partial charge in [-0.05, 0) is 31.6 Å². The first-order valence-electron chi connectivity index (χ1n) is 5.64. The molecule has 0 fully saturated rings. The summed E-state index contributed by atoms with van der Waals surface area (Å²) in [4.78, 5) is 23.2. The Morgan fingerprint density at radius 2 is 1.94 bits per heavy atom. The van der Waals surface area contributed by atoms with Gasteiger partial charge in [0.2, 0.25) is 0 Å². The van der Waals surface area contributed by atoms with E-state index in [2.05, 4.69) is 11.3 Å². The lowest BCUT2D eigenvalue weighted by molar-refractivity contribution is -0.137. The summed E-state index contributed by atoms with van der Waals surface area (Å²) in [6, 6.07) is 6.57. The standard InChI is InChI=1S/C14H16O4/c1-4-17-14(16)13(15)11-7-5-6-8-12(11)18-9-10(2)3/h5-8H,2,4,9H2,1,3H3. The van der Waals surface area contributed by atoms with Gasteiger partial charge < -0.3 is 9.47 Å². The third-order valence-electron chi connectivity index (χ3n) is 2.07. The quantitative estimate of drug-likeness (QED) is 0.336. The summed E-state index contributed by atoms with van der Waals surface area (Å²) < 4.78 is 10.1. The zero-order chi connectivity index (χ0) is 13.5. The van der Waals surface area contributed by atoms with Crippen LogP contribution in [0.5, 0.6) is 5.75 Å². The summed E-state index contributed by atoms with van der Waals surface area (Å²) in [5.74, 6) is -1.21. The molecule has 1 aromatic rings. The van der Waals surface area contributed by atoms with E-state index in [1.54, 1.807) is 25.1 Å². The van der Waals surface area contributed by atoms with E-state index < -0.39 is 11.8 Å². The smallest absolute Gasteiger partial charge is 0.379 e. The highest BCUT2D eigenvalue weighted by Crippen LogP contribution is 2.19. The number of benzene rings is 1. The number of para-hydroxylation sites is 1. The molecule has 1 aromatic carbocycles. The Kier molecular flexibility index (Phi) is 5.11. The predicted molar refractivity (Wildman–Crippen MR) is 67.7 cm³/mol. The van der Waals surface area contributed by atoms with E-state index in [1.165, 1.54) is 6.07 Å². The number of hydrogen-bond donors (Lipinski definition) is 0. The monoisotopic (exact) mass is 248 g/mol. The van der Waals surface area contributed by atoms with Crippen molar-refractivity contribution in [3.05, 3.63) is 42.0 Å². The third kappa shape index (κ3) is 3.73. The van der Waals surface area contributed by atoms with E-state index in [1.807, 2.05) is 6.92 Å². The molecule has 0 atom stereocenters. The summed E-state index contributed by atoms with van der Waals surface area (Å²) in [6.45, 7) is 7.64. The molecule has 0 spiro atoms. The molecular formula is C14H16O4. The maximum absolute atomic E-state index is 11.8. The van der Waals surface area contributed by atoms with Crippen LogP contribution in [0.3, 0.4) is 0 Å². The maximum Gasteiger partial charge on any atom is 0.379 e. The van der Waals surface area contributed by atoms with Crippen molar-refractivity contribution in [3.63, 3.8) is 0 Å². The van der Waals surface area contributed by atoms with E-state index >= 15 is 0 Å². The van der Waals surface area contributed by atoms with Crippen LogP contribution in [0, 0.1) is 0 Å². The van der Waals surface area contributed by atoms with E-state index in [9.17, 15) is 9.59 Å². The molecule has 0 saturated carbocycles. The molecule has 4 heteroatoms. The molecule has 0 aromatic heterocycles. The minimum atomic E-state index is -0.871. The second kappa shape index (κ2) is 6.59. The predicted octanol–water partition coefficient (Wildman–Crippen LogP) is 2.39. The van der Waals surface area contributed by atoms with Crippen LogP contribution >= 0.6 is 0 Å². The number of hydrogen-bond acceptors (Lipinski definition) is 4. The van der Waals surface area contributed by atoms with Gasteiger partial charge in [-0.15, -0.1) is 0 Å². The number of carbonyl (C=O) groups is 2. The number of ketones is 1. The fraction of sp³-hybridized carbons (Fsp3) is 0.286. The van der Waals surface area contributed by atoms with Crippen molar-refractivity contribution in [2.24, 2.45) is 0 Å². The van der Waals surface area contributed by atoms with Crippen LogP contribution in [0.4, 0.5) is 0 Å². The molecule has 0 aliphatic rings. The van der Waals surface area contributed by atoms with Crippen LogP contribution in [0.25, 0.3) is 0 Å². The van der Waals surface area contributed by atoms with Gasteiger partial charge in [-0.1, -0.05) is 18.7 Å². The molecule has 0 saturated heterocycles. The number of rotatable bonds is 6. The Bertz CT molecular complexity index is 463. The van der Waals surface area contributed by atoms with E-state index in [-0.39, 0.29) is 12.2 Å². The Balaban J connectivity index is 2.90. The van der Waals surface area contributed by atoms with Crippen LogP contribution in [-0.2, 0) is 9.53 Å². The van der Waals surface area contributed by atoms with Crippen molar-refractivity contribution in [3.8, 4) is 5.75 Å². The molecule has 0 unspecified atom stereocenters. The second-order valence-corrected chi connectivity index (χ2v) is 3.79. The van der Waals surface area contributed by atoms with Gasteiger partial charge in [0.05, 0.1) is 12.2 Å². The fourth-order valence-electron chi connectivity index (χ4n) is 1.29. The van der Waals surface area contributed by atoms with Crippen LogP contribution in [0.1, 0.15) is 24.2 Å². The van der Waals surface area contributed by atoms with E-state index in [0.717, 1.165) is 5.57 Å². The van der Waals surface area contributed by atoms with Gasteiger partial charge in [0, 0.05) is 0 Å². The summed E-state index contributed by atoms with van der Waals surface area (Å²) in [6.07, 6.45) is 0. The number of esters is 1. The first kappa shape index (κ1) is 14.0. The lowest BCUT2D eigenvalue weighted by Crippen LogP contribution is -2.18. The summed E-state index contributed by atoms with van der Waals surface area (Å²) >= 11 is 0. The highest BCUT2D eigenvalue weighted by Gasteiger charge is 2.21. The minimum absolute atomic E-state index is 0.166. The summed E-state index contributed by atoms with van der Waals surface area (Å²) in [7, 11) is 0. The zero-order valence-corrected chi connectivity index (χ0v) is 10.6. The maximum atomic E-state index is 11.8. The van der Waals surface area contributed by atoms with Crippen LogP contribution in [0.2, 0.25) is 0 Å². The van der Waals surface area contributed by atoms with Gasteiger partial charge in [-0.3, -0.25) is 4.79 Å². The molecule has 96 valence electrons. The molecule has 0 aliphatic carbocycles. The Hall–Kier alpha value is -2.10. The molecule has 0 radical (unpaired) electrons. The Labute approximate surface area is 106 Å². The lowest BCUT2D eigenvalue weighted by atomic mass is 10.1. The highest BCUT2D eigenvalue weighted by molar-refractivity contribution is 6.41. The normalized spacial score (nSPS) is 9.67. The summed E-state index contributed by atoms with van der Waals surface area (Å²) in [5.41, 5.74) is 1.03. The zero-order valence-electron chi connectivity index (χ0n) is 10.6. The number of Topliss-reactive ketones (excluding diaryl/α,β-unsaturated/α-hetero) is 1. The molecule has 0 heterocycles. The number of carbonyl (C=O) groups excluding carboxylic acids is 2. The number of ether oxygens (including phenoxy) is 2. The van der Waals surface area contributed by atoms with Gasteiger partial charge in [0.25, 0.3) is 5.78 Å². The third-order valence-corrected chi connectivity index (χ3v) is 2.07. The van der Waals surface area contributed by atoms with Gasteiger partial charge in [-0.25, -0.2) is 4.79 Å². The molecule has 4 nitrogen and oxygen atoms in total. The van der Waals surface area contributed by atoms with E-state index in [4.69, 9.17) is 4.74 Å². The minimum Gasteiger partial charge on any atom is -0.488 e. The molecular weight excluding hydrogens is 232 g/mol. The largest absolute Gasteiger partial charge is 0.488 e. The fourth-order valence-corrected chi connectivity index (χ4v) is 1.29. The van der Waals surface area contributed by atoms with Crippen LogP contribution in [-0.4, -0.2) is 25.0 Å². The van der Waals surface area contributed by atoms with Crippen molar-refractivity contribution in [2.75, 3.05) is 13.2 Å². The first-order chi connectivity index (χ1) is 8.56. The Morgan fingerprint density at radius 3 is 2.56 bits per heavy atom. The van der Waals surface area contributed by atoms with Crippen LogP contribution in [0.15, 0.2) is 36.4 Å². The van der Waals surface area contributed by atoms with Gasteiger partial charge >= 0.3 is 5.97 Å². The SMILES string of the molecule is C=C(C)COc1ccccc1C(=O)C(=O)OCC. The highest BCUT2D eigenvalue weighted by atomic mass is 16.5. The summed E-state index contributed by atoms with van der Waals surface area (Å²) in [5, 5.41) is 0. The lowest BCUT2D eigenvalue weighted by Gasteiger charge is -2.09. The second-order valence-electron chi connectivity index (χ2n) is 3.79. The van der Waals surface area contributed by atoms with Crippen molar-refractivity contribution in [2.45, 2.75) is 13.8 Å². The van der Waals surface area contributed by atoms with Gasteiger partial charge in [0.1, 0.15) is 12.4 Å². The van der Waals surface area contributed by atoms with Gasteiger partial charge in [-0.2, -0.15) is 0 Å². The van der Waals surface area contributed by atoms with Crippen molar-refractivity contribution < 1.29 is 19.1 Å². The topological polar surface area (TPSA) is 52.6 Å². The van der Waals surface area contributed by atoms with E-state index in [0.29, 0.717) is 12.4 Å².